The van der Waals surface area contributed by atoms with Crippen LogP contribution < -0.4 is 5.73 Å². The predicted octanol–water partition coefficient (Wildman–Crippen LogP) is 0.440. The highest BCUT2D eigenvalue weighted by Crippen LogP contribution is 2.23. The van der Waals surface area contributed by atoms with Crippen LogP contribution in [0.1, 0.15) is 37.0 Å². The Kier molecular flexibility index (Phi) is 4.31. The van der Waals surface area contributed by atoms with E-state index in [0.717, 1.165) is 31.9 Å². The van der Waals surface area contributed by atoms with Crippen molar-refractivity contribution in [2.45, 2.75) is 25.3 Å². The molecule has 1 saturated heterocycles. The normalized spacial score (nSPS) is 24.3. The minimum Gasteiger partial charge on any atom is -0.339 e. The molecule has 0 radical (unpaired) electrons. The van der Waals surface area contributed by atoms with Crippen molar-refractivity contribution in [2.75, 3.05) is 40.3 Å². The van der Waals surface area contributed by atoms with Crippen molar-refractivity contribution >= 4 is 0 Å². The van der Waals surface area contributed by atoms with Gasteiger partial charge in [0.05, 0.1) is 6.04 Å². The molecule has 2 unspecified atom stereocenters. The topological polar surface area (TPSA) is 71.4 Å². The van der Waals surface area contributed by atoms with E-state index in [4.69, 9.17) is 10.3 Å². The molecule has 0 amide bonds. The van der Waals surface area contributed by atoms with Crippen LogP contribution in [0.5, 0.6) is 0 Å². The fourth-order valence-electron chi connectivity index (χ4n) is 2.25. The third kappa shape index (κ3) is 2.88. The van der Waals surface area contributed by atoms with Gasteiger partial charge in [-0.25, -0.2) is 0 Å². The van der Waals surface area contributed by atoms with Crippen LogP contribution >= 0.6 is 0 Å². The number of hydrogen-bond donors (Lipinski definition) is 1. The molecule has 1 aromatic heterocycles. The molecule has 1 fully saturated rings. The average molecular weight is 253 g/mol. The lowest BCUT2D eigenvalue weighted by atomic mass is 10.1. The number of hydrogen-bond acceptors (Lipinski definition) is 6. The highest BCUT2D eigenvalue weighted by Gasteiger charge is 2.28. The van der Waals surface area contributed by atoms with Crippen molar-refractivity contribution in [1.29, 1.82) is 0 Å². The first-order valence-corrected chi connectivity index (χ1v) is 6.54. The summed E-state index contributed by atoms with van der Waals surface area (Å²) in [5.74, 6) is 1.74. The van der Waals surface area contributed by atoms with E-state index >= 15 is 0 Å². The fraction of sp³-hybridized carbons (Fsp3) is 0.833. The van der Waals surface area contributed by atoms with Gasteiger partial charge in [0.25, 0.3) is 0 Å². The average Bonchev–Trinajstić information content (AvgIpc) is 2.82. The molecule has 6 nitrogen and oxygen atoms in total. The summed E-state index contributed by atoms with van der Waals surface area (Å²) >= 11 is 0. The van der Waals surface area contributed by atoms with Gasteiger partial charge >= 0.3 is 0 Å². The highest BCUT2D eigenvalue weighted by molar-refractivity contribution is 5.00. The van der Waals surface area contributed by atoms with Crippen LogP contribution in [0, 0.1) is 0 Å². The second-order valence-corrected chi connectivity index (χ2v) is 5.23. The van der Waals surface area contributed by atoms with Gasteiger partial charge in [-0.2, -0.15) is 4.98 Å². The molecule has 2 heterocycles. The van der Waals surface area contributed by atoms with E-state index in [-0.39, 0.29) is 12.0 Å². The lowest BCUT2D eigenvalue weighted by molar-refractivity contribution is 0.108. The van der Waals surface area contributed by atoms with Gasteiger partial charge in [-0.15, -0.1) is 0 Å². The van der Waals surface area contributed by atoms with Crippen molar-refractivity contribution in [3.05, 3.63) is 11.7 Å². The van der Waals surface area contributed by atoms with Gasteiger partial charge in [-0.3, -0.25) is 4.90 Å². The van der Waals surface area contributed by atoms with E-state index in [9.17, 15) is 0 Å². The Morgan fingerprint density at radius 1 is 1.44 bits per heavy atom. The Morgan fingerprint density at radius 2 is 2.22 bits per heavy atom. The third-order valence-electron chi connectivity index (χ3n) is 3.63. The maximum Gasteiger partial charge on any atom is 0.229 e. The van der Waals surface area contributed by atoms with Crippen LogP contribution in [-0.2, 0) is 0 Å². The molecule has 0 bridgehead atoms. The van der Waals surface area contributed by atoms with E-state index in [2.05, 4.69) is 41.0 Å². The number of rotatable bonds is 4. The number of piperazine rings is 1. The van der Waals surface area contributed by atoms with E-state index in [1.807, 2.05) is 0 Å². The van der Waals surface area contributed by atoms with Crippen LogP contribution in [0.15, 0.2) is 4.52 Å². The van der Waals surface area contributed by atoms with E-state index < -0.39 is 0 Å². The van der Waals surface area contributed by atoms with Gasteiger partial charge in [-0.1, -0.05) is 12.1 Å². The summed E-state index contributed by atoms with van der Waals surface area (Å²) in [6.45, 7) is 5.78. The predicted molar refractivity (Wildman–Crippen MR) is 69.3 cm³/mol. The molecule has 1 aliphatic heterocycles. The van der Waals surface area contributed by atoms with Crippen molar-refractivity contribution in [2.24, 2.45) is 5.73 Å². The molecular weight excluding hydrogens is 230 g/mol. The summed E-state index contributed by atoms with van der Waals surface area (Å²) in [5.41, 5.74) is 5.55. The molecule has 1 aliphatic rings. The smallest absolute Gasteiger partial charge is 0.229 e. The summed E-state index contributed by atoms with van der Waals surface area (Å²) in [4.78, 5) is 9.11. The minimum atomic E-state index is 0.228. The second kappa shape index (κ2) is 5.77. The van der Waals surface area contributed by atoms with Gasteiger partial charge < -0.3 is 15.2 Å². The summed E-state index contributed by atoms with van der Waals surface area (Å²) in [6, 6.07) is 0.228. The van der Waals surface area contributed by atoms with Gasteiger partial charge in [0.1, 0.15) is 0 Å². The molecular formula is C12H23N5O. The molecule has 2 N–H and O–H groups in total. The van der Waals surface area contributed by atoms with Crippen LogP contribution in [-0.4, -0.2) is 60.2 Å². The largest absolute Gasteiger partial charge is 0.339 e. The molecule has 0 saturated carbocycles. The third-order valence-corrected chi connectivity index (χ3v) is 3.63. The number of likely N-dealkylation sites (N-methyl/N-ethyl adjacent to an activating group) is 2. The first-order valence-electron chi connectivity index (χ1n) is 6.54. The molecule has 1 aromatic rings. The van der Waals surface area contributed by atoms with Crippen LogP contribution in [0.3, 0.4) is 0 Å². The first kappa shape index (κ1) is 13.5. The lowest BCUT2D eigenvalue weighted by Crippen LogP contribution is -2.45. The maximum atomic E-state index is 5.55. The molecule has 0 aromatic carbocycles. The minimum absolute atomic E-state index is 0.228. The van der Waals surface area contributed by atoms with Gasteiger partial charge in [-0.05, 0) is 27.1 Å². The molecule has 2 atom stereocenters. The second-order valence-electron chi connectivity index (χ2n) is 5.23. The summed E-state index contributed by atoms with van der Waals surface area (Å²) < 4.78 is 5.35. The molecule has 0 spiro atoms. The van der Waals surface area contributed by atoms with Crippen LogP contribution in [0.4, 0.5) is 0 Å². The Balaban J connectivity index is 2.08. The fourth-order valence-corrected chi connectivity index (χ4v) is 2.25. The molecule has 0 aliphatic carbocycles. The van der Waals surface area contributed by atoms with Crippen LogP contribution in [0.25, 0.3) is 0 Å². The zero-order chi connectivity index (χ0) is 13.1. The monoisotopic (exact) mass is 253 g/mol. The zero-order valence-corrected chi connectivity index (χ0v) is 11.5. The molecule has 102 valence electrons. The van der Waals surface area contributed by atoms with Gasteiger partial charge in [0, 0.05) is 25.6 Å². The summed E-state index contributed by atoms with van der Waals surface area (Å²) in [6.07, 6.45) is 0.877. The SMILES string of the molecule is CC(CCN)c1nc(C2CN(C)CCN2C)no1. The van der Waals surface area contributed by atoms with E-state index in [1.165, 1.54) is 0 Å². The Bertz CT molecular complexity index is 380. The van der Waals surface area contributed by atoms with Crippen molar-refractivity contribution in [1.82, 2.24) is 19.9 Å². The maximum absolute atomic E-state index is 5.55. The number of nitrogens with zero attached hydrogens (tertiary/aromatic N) is 4. The van der Waals surface area contributed by atoms with E-state index in [1.54, 1.807) is 0 Å². The quantitative estimate of drug-likeness (QED) is 0.839. The molecule has 2 rings (SSSR count). The standard InChI is InChI=1S/C12H23N5O/c1-9(4-5-13)12-14-11(15-18-12)10-8-16(2)6-7-17(10)3/h9-10H,4-8,13H2,1-3H3. The molecule has 18 heavy (non-hydrogen) atoms. The first-order chi connectivity index (χ1) is 8.61. The van der Waals surface area contributed by atoms with Crippen molar-refractivity contribution in [3.63, 3.8) is 0 Å². The van der Waals surface area contributed by atoms with Crippen LogP contribution in [0.2, 0.25) is 0 Å². The van der Waals surface area contributed by atoms with Gasteiger partial charge in [0.15, 0.2) is 5.82 Å². The van der Waals surface area contributed by atoms with E-state index in [0.29, 0.717) is 12.4 Å². The Morgan fingerprint density at radius 3 is 2.94 bits per heavy atom. The molecule has 6 heteroatoms. The zero-order valence-electron chi connectivity index (χ0n) is 11.5. The number of nitrogens with two attached hydrogens (primary N) is 1. The lowest BCUT2D eigenvalue weighted by Gasteiger charge is -2.35. The van der Waals surface area contributed by atoms with Crippen molar-refractivity contribution < 1.29 is 4.52 Å². The summed E-state index contributed by atoms with van der Waals surface area (Å²) in [5, 5.41) is 4.13. The number of aromatic nitrogens is 2. The Hall–Kier alpha value is -0.980. The van der Waals surface area contributed by atoms with Gasteiger partial charge in [0.2, 0.25) is 5.89 Å². The summed E-state index contributed by atoms with van der Waals surface area (Å²) in [7, 11) is 4.23. The highest BCUT2D eigenvalue weighted by atomic mass is 16.5. The van der Waals surface area contributed by atoms with Crippen molar-refractivity contribution in [3.8, 4) is 0 Å². The Labute approximate surface area is 108 Å².